The molecule has 0 spiro atoms. The van der Waals surface area contributed by atoms with E-state index in [1.165, 1.54) is 25.5 Å². The van der Waals surface area contributed by atoms with Gasteiger partial charge in [0.1, 0.15) is 11.6 Å². The first-order valence-corrected chi connectivity index (χ1v) is 15.1. The number of nitrogens with zero attached hydrogens (tertiary/aromatic N) is 6. The molecule has 3 aromatic heterocycles. The van der Waals surface area contributed by atoms with Gasteiger partial charge in [0, 0.05) is 42.2 Å². The van der Waals surface area contributed by atoms with Crippen LogP contribution in [0.4, 0.5) is 30.8 Å². The number of ketones is 1. The molecule has 44 heavy (non-hydrogen) atoms. The fourth-order valence-corrected chi connectivity index (χ4v) is 5.86. The van der Waals surface area contributed by atoms with Gasteiger partial charge in [0.05, 0.1) is 16.3 Å². The quantitative estimate of drug-likeness (QED) is 0.142. The number of nitrogen functional groups attached to an aromatic ring is 1. The monoisotopic (exact) mass is 647 g/mol. The second-order valence-electron chi connectivity index (χ2n) is 11.2. The lowest BCUT2D eigenvalue weighted by Gasteiger charge is -2.30. The van der Waals surface area contributed by atoms with Crippen LogP contribution in [0.1, 0.15) is 47.8 Å². The van der Waals surface area contributed by atoms with E-state index in [9.17, 15) is 18.0 Å². The number of carbonyl (C=O) groups excluding carboxylic acids is 1. The summed E-state index contributed by atoms with van der Waals surface area (Å²) in [5, 5.41) is 12.0. The number of hydrogen-bond donors (Lipinski definition) is 3. The molecule has 0 atom stereocenters. The first kappa shape index (κ1) is 30.4. The largest absolute Gasteiger partial charge is 0.455 e. The van der Waals surface area contributed by atoms with E-state index in [1.807, 2.05) is 6.07 Å². The highest BCUT2D eigenvalue weighted by Crippen LogP contribution is 2.34. The van der Waals surface area contributed by atoms with Crippen molar-refractivity contribution in [3.8, 4) is 11.3 Å². The average Bonchev–Trinajstić information content (AvgIpc) is 3.69. The molecule has 6 rings (SSSR count). The van der Waals surface area contributed by atoms with Crippen molar-refractivity contribution in [1.82, 2.24) is 29.5 Å². The van der Waals surface area contributed by atoms with Crippen molar-refractivity contribution in [3.63, 3.8) is 0 Å². The number of piperidine rings is 1. The van der Waals surface area contributed by atoms with Gasteiger partial charge < -0.3 is 21.3 Å². The Kier molecular flexibility index (Phi) is 8.53. The number of alkyl halides is 3. The van der Waals surface area contributed by atoms with Gasteiger partial charge in [-0.15, -0.1) is 5.10 Å². The van der Waals surface area contributed by atoms with Crippen LogP contribution in [0.3, 0.4) is 0 Å². The van der Waals surface area contributed by atoms with E-state index in [2.05, 4.69) is 20.5 Å². The first-order chi connectivity index (χ1) is 21.0. The van der Waals surface area contributed by atoms with E-state index >= 15 is 0 Å². The van der Waals surface area contributed by atoms with Crippen molar-refractivity contribution in [2.24, 2.45) is 5.92 Å². The molecule has 232 valence electrons. The van der Waals surface area contributed by atoms with Crippen molar-refractivity contribution < 1.29 is 18.0 Å². The van der Waals surface area contributed by atoms with Gasteiger partial charge in [0.15, 0.2) is 11.5 Å². The van der Waals surface area contributed by atoms with Gasteiger partial charge in [0.2, 0.25) is 5.95 Å². The van der Waals surface area contributed by atoms with Crippen LogP contribution in [0, 0.1) is 5.92 Å². The van der Waals surface area contributed by atoms with E-state index in [-0.39, 0.29) is 11.7 Å². The van der Waals surface area contributed by atoms with Gasteiger partial charge in [-0.05, 0) is 75.0 Å². The second-order valence-corrected chi connectivity index (χ2v) is 12.0. The van der Waals surface area contributed by atoms with Crippen LogP contribution in [-0.2, 0) is 0 Å². The third-order valence-electron chi connectivity index (χ3n) is 7.86. The smallest absolute Gasteiger partial charge is 0.383 e. The van der Waals surface area contributed by atoms with Crippen LogP contribution >= 0.6 is 23.2 Å². The van der Waals surface area contributed by atoms with Gasteiger partial charge in [-0.2, -0.15) is 17.7 Å². The van der Waals surface area contributed by atoms with Gasteiger partial charge in [0.25, 0.3) is 5.78 Å². The van der Waals surface area contributed by atoms with Gasteiger partial charge in [-0.1, -0.05) is 23.2 Å². The predicted octanol–water partition coefficient (Wildman–Crippen LogP) is 5.93. The maximum Gasteiger partial charge on any atom is 0.455 e. The Labute approximate surface area is 261 Å². The number of anilines is 3. The zero-order valence-corrected chi connectivity index (χ0v) is 25.1. The Hall–Kier alpha value is -3.68. The first-order valence-electron chi connectivity index (χ1n) is 14.4. The number of fused-ring (bicyclic) bond motifs is 1. The molecular weight excluding hydrogens is 618 g/mol. The molecule has 15 heteroatoms. The predicted molar refractivity (Wildman–Crippen MR) is 163 cm³/mol. The number of hydrogen-bond acceptors (Lipinski definition) is 9. The number of nitrogens with one attached hydrogen (secondary N) is 2. The van der Waals surface area contributed by atoms with Crippen LogP contribution in [-0.4, -0.2) is 74.1 Å². The Morgan fingerprint density at radius 3 is 2.41 bits per heavy atom. The molecular formula is C29H30Cl2F3N9O. The number of carbonyl (C=O) groups is 1. The van der Waals surface area contributed by atoms with E-state index in [0.29, 0.717) is 46.0 Å². The van der Waals surface area contributed by atoms with Gasteiger partial charge >= 0.3 is 6.18 Å². The summed E-state index contributed by atoms with van der Waals surface area (Å²) in [4.78, 5) is 27.7. The van der Waals surface area contributed by atoms with Crippen molar-refractivity contribution in [1.29, 1.82) is 0 Å². The SMILES string of the molecule is Nc1nc(NCCNc2nc(-c3ccc(Cl)cc3Cl)cc3nc(C4CCN(CC5CC5)CC4)nn23)ccc1C(=O)C(F)(F)F. The lowest BCUT2D eigenvalue weighted by atomic mass is 9.96. The highest BCUT2D eigenvalue weighted by molar-refractivity contribution is 6.36. The average molecular weight is 649 g/mol. The summed E-state index contributed by atoms with van der Waals surface area (Å²) in [5.41, 5.74) is 6.83. The molecule has 0 radical (unpaired) electrons. The normalized spacial score (nSPS) is 16.4. The van der Waals surface area contributed by atoms with Crippen molar-refractivity contribution >= 4 is 52.2 Å². The van der Waals surface area contributed by atoms with Crippen LogP contribution in [0.5, 0.6) is 0 Å². The van der Waals surface area contributed by atoms with Crippen LogP contribution in [0.25, 0.3) is 16.9 Å². The zero-order chi connectivity index (χ0) is 31.0. The number of halogens is 5. The number of Topliss-reactive ketones (excluding diaryl/α,β-unsaturated/α-hetero) is 1. The summed E-state index contributed by atoms with van der Waals surface area (Å²) < 4.78 is 40.0. The summed E-state index contributed by atoms with van der Waals surface area (Å²) >= 11 is 12.6. The zero-order valence-electron chi connectivity index (χ0n) is 23.5. The Bertz CT molecular complexity index is 1680. The Balaban J connectivity index is 1.19. The summed E-state index contributed by atoms with van der Waals surface area (Å²) in [6.07, 6.45) is -0.378. The van der Waals surface area contributed by atoms with E-state index < -0.39 is 23.3 Å². The second kappa shape index (κ2) is 12.4. The number of nitrogens with two attached hydrogens (primary N) is 1. The minimum absolute atomic E-state index is 0.221. The fourth-order valence-electron chi connectivity index (χ4n) is 5.35. The molecule has 0 amide bonds. The Morgan fingerprint density at radius 2 is 1.73 bits per heavy atom. The third kappa shape index (κ3) is 6.84. The van der Waals surface area contributed by atoms with Crippen molar-refractivity contribution in [3.05, 3.63) is 57.8 Å². The molecule has 1 saturated heterocycles. The number of benzene rings is 1. The molecule has 4 N–H and O–H groups in total. The fraction of sp³-hybridized carbons (Fsp3) is 0.414. The van der Waals surface area contributed by atoms with Gasteiger partial charge in [-0.25, -0.2) is 15.0 Å². The van der Waals surface area contributed by atoms with E-state index in [4.69, 9.17) is 44.0 Å². The highest BCUT2D eigenvalue weighted by atomic mass is 35.5. The maximum absolute atomic E-state index is 12.8. The lowest BCUT2D eigenvalue weighted by molar-refractivity contribution is -0.0884. The molecule has 1 aliphatic heterocycles. The number of aromatic nitrogens is 5. The summed E-state index contributed by atoms with van der Waals surface area (Å²) in [7, 11) is 0. The van der Waals surface area contributed by atoms with Gasteiger partial charge in [-0.3, -0.25) is 4.79 Å². The molecule has 4 aromatic rings. The molecule has 1 aromatic carbocycles. The van der Waals surface area contributed by atoms with Crippen molar-refractivity contribution in [2.45, 2.75) is 37.8 Å². The molecule has 2 fully saturated rings. The number of pyridine rings is 1. The number of rotatable bonds is 10. The van der Waals surface area contributed by atoms with Crippen LogP contribution in [0.15, 0.2) is 36.4 Å². The summed E-state index contributed by atoms with van der Waals surface area (Å²) in [6.45, 7) is 3.87. The number of likely N-dealkylation sites (tertiary alicyclic amines) is 1. The highest BCUT2D eigenvalue weighted by Gasteiger charge is 2.40. The van der Waals surface area contributed by atoms with Crippen molar-refractivity contribution in [2.75, 3.05) is 49.1 Å². The molecule has 4 heterocycles. The van der Waals surface area contributed by atoms with E-state index in [1.54, 1.807) is 22.7 Å². The van der Waals surface area contributed by atoms with E-state index in [0.717, 1.165) is 43.7 Å². The lowest BCUT2D eigenvalue weighted by Crippen LogP contribution is -2.34. The standard InChI is InChI=1S/C29H30Cl2F3N9O/c30-18-3-4-19(21(31)13-18)22-14-24-40-27(17-7-11-42(12-8-17)15-16-1-2-16)41-43(24)28(38-22)37-10-9-36-23-6-5-20(26(35)39-23)25(44)29(32,33)34/h3-6,13-14,16-17H,1-2,7-12,15H2,(H,37,38)(H3,35,36,39). The third-order valence-corrected chi connectivity index (χ3v) is 8.40. The van der Waals surface area contributed by atoms with Crippen LogP contribution in [0.2, 0.25) is 10.0 Å². The Morgan fingerprint density at radius 1 is 0.977 bits per heavy atom. The minimum atomic E-state index is -5.04. The molecule has 0 unspecified atom stereocenters. The summed E-state index contributed by atoms with van der Waals surface area (Å²) in [6, 6.07) is 9.31. The molecule has 1 aliphatic carbocycles. The minimum Gasteiger partial charge on any atom is -0.383 e. The molecule has 10 nitrogen and oxygen atoms in total. The molecule has 1 saturated carbocycles. The molecule has 2 aliphatic rings. The maximum atomic E-state index is 12.8. The summed E-state index contributed by atoms with van der Waals surface area (Å²) in [5.74, 6) is -0.0130. The molecule has 0 bridgehead atoms. The topological polar surface area (TPSA) is 126 Å². The van der Waals surface area contributed by atoms with Crippen LogP contribution < -0.4 is 16.4 Å².